The third kappa shape index (κ3) is 4.81. The number of rotatable bonds is 7. The van der Waals surface area contributed by atoms with E-state index in [1.54, 1.807) is 0 Å². The summed E-state index contributed by atoms with van der Waals surface area (Å²) in [4.78, 5) is 59.3. The van der Waals surface area contributed by atoms with Gasteiger partial charge in [-0.05, 0) is 29.8 Å². The molecule has 1 fully saturated rings. The molecule has 1 aromatic heterocycles. The predicted molar refractivity (Wildman–Crippen MR) is 108 cm³/mol. The van der Waals surface area contributed by atoms with Gasteiger partial charge in [0, 0.05) is 13.0 Å². The number of nitrogens with zero attached hydrogens (tertiary/aromatic N) is 2. The Labute approximate surface area is 185 Å². The smallest absolute Gasteiger partial charge is 0.373 e. The molecule has 0 bridgehead atoms. The summed E-state index contributed by atoms with van der Waals surface area (Å²) in [6.45, 7) is 0.807. The lowest BCUT2D eigenvalue weighted by atomic mass is 10.1. The van der Waals surface area contributed by atoms with Gasteiger partial charge in [0.1, 0.15) is 11.5 Å². The molecule has 1 N–H and O–H groups in total. The number of hydrogen-bond acceptors (Lipinski definition) is 10. The minimum atomic E-state index is -0.787. The Morgan fingerprint density at radius 2 is 1.97 bits per heavy atom. The number of ether oxygens (including phenoxy) is 3. The molecule has 13 heteroatoms. The number of methoxy groups -OCH3 is 2. The van der Waals surface area contributed by atoms with Crippen molar-refractivity contribution in [2.45, 2.75) is 13.5 Å². The molecule has 1 aliphatic heterocycles. The van der Waals surface area contributed by atoms with E-state index < -0.39 is 34.5 Å². The molecule has 172 valence electrons. The zero-order valence-electron chi connectivity index (χ0n) is 17.6. The lowest BCUT2D eigenvalue weighted by molar-refractivity contribution is -0.385. The Kier molecular flexibility index (Phi) is 6.42. The highest BCUT2D eigenvalue weighted by molar-refractivity contribution is 6.13. The first-order chi connectivity index (χ1) is 15.6. The highest BCUT2D eigenvalue weighted by Crippen LogP contribution is 2.39. The summed E-state index contributed by atoms with van der Waals surface area (Å²) in [6, 6.07) is 4.35. The molecule has 33 heavy (non-hydrogen) atoms. The van der Waals surface area contributed by atoms with Crippen molar-refractivity contribution in [2.24, 2.45) is 0 Å². The number of esters is 2. The number of nitro groups is 1. The van der Waals surface area contributed by atoms with Crippen LogP contribution in [0, 0.1) is 10.1 Å². The Bertz CT molecular complexity index is 1200. The van der Waals surface area contributed by atoms with Crippen LogP contribution in [0.5, 0.6) is 11.5 Å². The number of nitro benzene ring substituents is 1. The fourth-order valence-electron chi connectivity index (χ4n) is 2.94. The van der Waals surface area contributed by atoms with Crippen LogP contribution in [0.4, 0.5) is 10.5 Å². The fraction of sp³-hybridized carbons (Fsp3) is 0.200. The van der Waals surface area contributed by atoms with E-state index in [1.807, 2.05) is 0 Å². The first-order valence-electron chi connectivity index (χ1n) is 9.21. The minimum Gasteiger partial charge on any atom is -0.493 e. The molecule has 0 spiro atoms. The summed E-state index contributed by atoms with van der Waals surface area (Å²) in [7, 11) is 2.40. The molecule has 13 nitrogen and oxygen atoms in total. The van der Waals surface area contributed by atoms with Gasteiger partial charge in [-0.25, -0.2) is 9.59 Å². The SMILES string of the molecule is COC(=O)c1ccc(CN2C(=O)N/C(=C\c3cc(OC)c(OC(C)=O)c([N+](=O)[O-])c3)C2=O)o1. The molecule has 1 saturated heterocycles. The second-order valence-corrected chi connectivity index (χ2v) is 6.56. The molecule has 0 saturated carbocycles. The number of carbonyl (C=O) groups is 4. The molecule has 1 aromatic carbocycles. The fourth-order valence-corrected chi connectivity index (χ4v) is 2.94. The van der Waals surface area contributed by atoms with Crippen LogP contribution in [0.2, 0.25) is 0 Å². The quantitative estimate of drug-likeness (QED) is 0.161. The lowest BCUT2D eigenvalue weighted by Crippen LogP contribution is -2.30. The zero-order valence-corrected chi connectivity index (χ0v) is 17.6. The number of benzene rings is 1. The summed E-state index contributed by atoms with van der Waals surface area (Å²) < 4.78 is 19.8. The minimum absolute atomic E-state index is 0.0948. The van der Waals surface area contributed by atoms with Crippen molar-refractivity contribution in [3.05, 3.63) is 57.2 Å². The number of furan rings is 1. The van der Waals surface area contributed by atoms with Crippen molar-refractivity contribution in [1.29, 1.82) is 0 Å². The van der Waals surface area contributed by atoms with E-state index in [2.05, 4.69) is 10.1 Å². The van der Waals surface area contributed by atoms with E-state index in [-0.39, 0.29) is 40.8 Å². The van der Waals surface area contributed by atoms with Gasteiger partial charge in [-0.2, -0.15) is 0 Å². The molecular weight excluding hydrogens is 442 g/mol. The Balaban J connectivity index is 1.90. The molecular formula is C20H17N3O10. The van der Waals surface area contributed by atoms with E-state index in [9.17, 15) is 29.3 Å². The molecule has 1 aliphatic rings. The maximum absolute atomic E-state index is 12.7. The number of hydrogen-bond donors (Lipinski definition) is 1. The summed E-state index contributed by atoms with van der Waals surface area (Å²) in [5, 5.41) is 13.8. The van der Waals surface area contributed by atoms with Crippen molar-refractivity contribution in [3.63, 3.8) is 0 Å². The standard InChI is InChI=1S/C20H17N3O10/c1-10(24)32-17-14(23(28)29)7-11(8-16(17)30-2)6-13-18(25)22(20(27)21-13)9-12-4-5-15(33-12)19(26)31-3/h4-8H,9H2,1-3H3,(H,21,27)/b13-6-. The van der Waals surface area contributed by atoms with Crippen LogP contribution in [-0.4, -0.2) is 47.9 Å². The van der Waals surface area contributed by atoms with Gasteiger partial charge in [-0.15, -0.1) is 0 Å². The van der Waals surface area contributed by atoms with E-state index in [1.165, 1.54) is 38.5 Å². The largest absolute Gasteiger partial charge is 0.493 e. The van der Waals surface area contributed by atoms with Gasteiger partial charge in [-0.1, -0.05) is 0 Å². The number of urea groups is 1. The van der Waals surface area contributed by atoms with Crippen molar-refractivity contribution >= 4 is 35.6 Å². The average Bonchev–Trinajstić information content (AvgIpc) is 3.34. The van der Waals surface area contributed by atoms with Crippen LogP contribution in [0.15, 0.2) is 34.4 Å². The molecule has 2 aromatic rings. The van der Waals surface area contributed by atoms with Crippen LogP contribution in [0.3, 0.4) is 0 Å². The monoisotopic (exact) mass is 459 g/mol. The van der Waals surface area contributed by atoms with E-state index in [0.717, 1.165) is 17.9 Å². The molecule has 2 heterocycles. The maximum Gasteiger partial charge on any atom is 0.373 e. The van der Waals surface area contributed by atoms with Gasteiger partial charge in [0.25, 0.3) is 5.91 Å². The van der Waals surface area contributed by atoms with Crippen LogP contribution in [-0.2, 0) is 20.9 Å². The number of amides is 3. The van der Waals surface area contributed by atoms with E-state index in [0.29, 0.717) is 0 Å². The second kappa shape index (κ2) is 9.21. The molecule has 0 radical (unpaired) electrons. The van der Waals surface area contributed by atoms with Crippen molar-refractivity contribution in [3.8, 4) is 11.5 Å². The predicted octanol–water partition coefficient (Wildman–Crippen LogP) is 2.00. The summed E-state index contributed by atoms with van der Waals surface area (Å²) in [5.74, 6) is -2.69. The molecule has 0 aliphatic carbocycles. The van der Waals surface area contributed by atoms with Gasteiger partial charge in [-0.3, -0.25) is 24.6 Å². The molecule has 0 atom stereocenters. The number of imide groups is 1. The number of carbonyl (C=O) groups excluding carboxylic acids is 4. The van der Waals surface area contributed by atoms with Gasteiger partial charge in [0.05, 0.1) is 25.7 Å². The highest BCUT2D eigenvalue weighted by atomic mass is 16.6. The third-order valence-corrected chi connectivity index (χ3v) is 4.36. The third-order valence-electron chi connectivity index (χ3n) is 4.36. The average molecular weight is 459 g/mol. The number of nitrogens with one attached hydrogen (secondary N) is 1. The summed E-state index contributed by atoms with van der Waals surface area (Å²) in [5.41, 5.74) is -0.613. The van der Waals surface area contributed by atoms with E-state index in [4.69, 9.17) is 13.9 Å². The normalized spacial score (nSPS) is 14.3. The first kappa shape index (κ1) is 23.0. The Morgan fingerprint density at radius 1 is 1.24 bits per heavy atom. The first-order valence-corrected chi connectivity index (χ1v) is 9.21. The molecule has 3 amide bonds. The van der Waals surface area contributed by atoms with Crippen molar-refractivity contribution in [2.75, 3.05) is 14.2 Å². The Morgan fingerprint density at radius 3 is 2.58 bits per heavy atom. The van der Waals surface area contributed by atoms with E-state index >= 15 is 0 Å². The van der Waals surface area contributed by atoms with Crippen LogP contribution in [0.25, 0.3) is 6.08 Å². The summed E-state index contributed by atoms with van der Waals surface area (Å²) >= 11 is 0. The van der Waals surface area contributed by atoms with Crippen molar-refractivity contribution in [1.82, 2.24) is 10.2 Å². The van der Waals surface area contributed by atoms with Crippen molar-refractivity contribution < 1.29 is 42.7 Å². The zero-order chi connectivity index (χ0) is 24.3. The topological polar surface area (TPSA) is 168 Å². The highest BCUT2D eigenvalue weighted by Gasteiger charge is 2.35. The van der Waals surface area contributed by atoms with Gasteiger partial charge < -0.3 is 23.9 Å². The Hall–Kier alpha value is -4.68. The maximum atomic E-state index is 12.7. The molecule has 3 rings (SSSR count). The van der Waals surface area contributed by atoms with Gasteiger partial charge in [0.2, 0.25) is 11.5 Å². The molecule has 0 unspecified atom stereocenters. The second-order valence-electron chi connectivity index (χ2n) is 6.56. The van der Waals surface area contributed by atoms with Crippen LogP contribution < -0.4 is 14.8 Å². The van der Waals surface area contributed by atoms with Gasteiger partial charge in [0.15, 0.2) is 5.75 Å². The van der Waals surface area contributed by atoms with Crippen LogP contribution in [0.1, 0.15) is 28.8 Å². The van der Waals surface area contributed by atoms with Gasteiger partial charge >= 0.3 is 23.7 Å². The summed E-state index contributed by atoms with van der Waals surface area (Å²) in [6.07, 6.45) is 1.20. The lowest BCUT2D eigenvalue weighted by Gasteiger charge is -2.10. The van der Waals surface area contributed by atoms with Crippen LogP contribution >= 0.6 is 0 Å².